The third kappa shape index (κ3) is 3.57. The number of rotatable bonds is 3. The first kappa shape index (κ1) is 10.2. The first-order valence-electron chi connectivity index (χ1n) is 4.49. The maximum Gasteiger partial charge on any atom is 0.0312 e. The molecule has 1 aromatic carbocycles. The highest BCUT2D eigenvalue weighted by Crippen LogP contribution is 2.19. The molecular formula is C11H17N2. The quantitative estimate of drug-likeness (QED) is 0.737. The Bertz CT molecular complexity index is 249. The van der Waals surface area contributed by atoms with Gasteiger partial charge in [-0.25, -0.2) is 0 Å². The highest BCUT2D eigenvalue weighted by molar-refractivity contribution is 5.18. The average molecular weight is 177 g/mol. The highest BCUT2D eigenvalue weighted by Gasteiger charge is 2.16. The van der Waals surface area contributed by atoms with E-state index in [0.29, 0.717) is 0 Å². The molecule has 0 spiro atoms. The third-order valence-electron chi connectivity index (χ3n) is 1.92. The molecule has 0 saturated heterocycles. The molecule has 1 radical (unpaired) electrons. The molecule has 4 N–H and O–H groups in total. The largest absolute Gasteiger partial charge is 0.325 e. The minimum Gasteiger partial charge on any atom is -0.325 e. The van der Waals surface area contributed by atoms with E-state index in [1.54, 1.807) is 0 Å². The number of hydrogen-bond acceptors (Lipinski definition) is 2. The third-order valence-corrected chi connectivity index (χ3v) is 1.92. The Morgan fingerprint density at radius 2 is 1.92 bits per heavy atom. The lowest BCUT2D eigenvalue weighted by Crippen LogP contribution is -2.35. The molecule has 1 rings (SSSR count). The van der Waals surface area contributed by atoms with Crippen molar-refractivity contribution in [2.45, 2.75) is 31.8 Å². The Balaban J connectivity index is 2.64. The molecule has 1 atom stereocenters. The monoisotopic (exact) mass is 177 g/mol. The van der Waals surface area contributed by atoms with Crippen molar-refractivity contribution in [3.8, 4) is 0 Å². The van der Waals surface area contributed by atoms with Gasteiger partial charge in [0.05, 0.1) is 0 Å². The van der Waals surface area contributed by atoms with E-state index in [1.807, 2.05) is 38.1 Å². The fourth-order valence-electron chi connectivity index (χ4n) is 1.33. The number of hydrogen-bond donors (Lipinski definition) is 2. The molecule has 0 aliphatic heterocycles. The molecule has 13 heavy (non-hydrogen) atoms. The summed E-state index contributed by atoms with van der Waals surface area (Å²) < 4.78 is 0. The Morgan fingerprint density at radius 1 is 1.38 bits per heavy atom. The van der Waals surface area contributed by atoms with E-state index in [9.17, 15) is 0 Å². The smallest absolute Gasteiger partial charge is 0.0312 e. The summed E-state index contributed by atoms with van der Waals surface area (Å²) in [5.74, 6) is 0. The fourth-order valence-corrected chi connectivity index (χ4v) is 1.33. The Labute approximate surface area is 79.9 Å². The summed E-state index contributed by atoms with van der Waals surface area (Å²) in [7, 11) is 0. The lowest BCUT2D eigenvalue weighted by Gasteiger charge is -2.23. The van der Waals surface area contributed by atoms with E-state index in [4.69, 9.17) is 11.5 Å². The fraction of sp³-hybridized carbons (Fsp3) is 0.455. The summed E-state index contributed by atoms with van der Waals surface area (Å²) in [6, 6.07) is 10.7. The lowest BCUT2D eigenvalue weighted by molar-refractivity contribution is 0.429. The van der Waals surface area contributed by atoms with E-state index in [0.717, 1.165) is 12.0 Å². The van der Waals surface area contributed by atoms with Crippen molar-refractivity contribution < 1.29 is 0 Å². The van der Waals surface area contributed by atoms with Crippen molar-refractivity contribution in [1.82, 2.24) is 0 Å². The van der Waals surface area contributed by atoms with Crippen LogP contribution in [0.5, 0.6) is 0 Å². The van der Waals surface area contributed by atoms with Gasteiger partial charge in [-0.05, 0) is 31.9 Å². The minimum absolute atomic E-state index is 0.0228. The topological polar surface area (TPSA) is 52.0 Å². The van der Waals surface area contributed by atoms with Crippen molar-refractivity contribution in [3.63, 3.8) is 0 Å². The van der Waals surface area contributed by atoms with Gasteiger partial charge in [0.2, 0.25) is 0 Å². The molecule has 0 heterocycles. The summed E-state index contributed by atoms with van der Waals surface area (Å²) in [6.45, 7) is 3.98. The van der Waals surface area contributed by atoms with Crippen LogP contribution in [-0.4, -0.2) is 5.54 Å². The van der Waals surface area contributed by atoms with Crippen molar-refractivity contribution in [1.29, 1.82) is 0 Å². The first-order chi connectivity index (χ1) is 5.99. The second kappa shape index (κ2) is 3.90. The van der Waals surface area contributed by atoms with Crippen LogP contribution in [0.2, 0.25) is 0 Å². The number of nitrogens with two attached hydrogens (primary N) is 2. The van der Waals surface area contributed by atoms with Gasteiger partial charge in [-0.1, -0.05) is 24.3 Å². The molecule has 2 heteroatoms. The molecule has 0 bridgehead atoms. The molecule has 71 valence electrons. The van der Waals surface area contributed by atoms with Gasteiger partial charge in [0.15, 0.2) is 0 Å². The second-order valence-electron chi connectivity index (χ2n) is 4.13. The highest BCUT2D eigenvalue weighted by atomic mass is 14.7. The van der Waals surface area contributed by atoms with E-state index in [1.165, 1.54) is 0 Å². The molecule has 0 aliphatic rings. The van der Waals surface area contributed by atoms with Crippen LogP contribution >= 0.6 is 0 Å². The van der Waals surface area contributed by atoms with Gasteiger partial charge in [-0.2, -0.15) is 0 Å². The zero-order valence-corrected chi connectivity index (χ0v) is 8.25. The second-order valence-corrected chi connectivity index (χ2v) is 4.13. The molecule has 2 nitrogen and oxygen atoms in total. The van der Waals surface area contributed by atoms with Gasteiger partial charge >= 0.3 is 0 Å². The zero-order chi connectivity index (χ0) is 9.90. The molecule has 0 fully saturated rings. The van der Waals surface area contributed by atoms with Crippen LogP contribution in [0.4, 0.5) is 0 Å². The van der Waals surface area contributed by atoms with Crippen LogP contribution in [0.15, 0.2) is 24.3 Å². The first-order valence-corrected chi connectivity index (χ1v) is 4.49. The van der Waals surface area contributed by atoms with E-state index >= 15 is 0 Å². The van der Waals surface area contributed by atoms with Gasteiger partial charge < -0.3 is 11.5 Å². The van der Waals surface area contributed by atoms with Gasteiger partial charge in [-0.15, -0.1) is 0 Å². The summed E-state index contributed by atoms with van der Waals surface area (Å²) in [6.07, 6.45) is 0.789. The summed E-state index contributed by atoms with van der Waals surface area (Å²) in [5.41, 5.74) is 12.8. The van der Waals surface area contributed by atoms with Crippen molar-refractivity contribution in [2.75, 3.05) is 0 Å². The van der Waals surface area contributed by atoms with E-state index < -0.39 is 0 Å². The number of benzene rings is 1. The Hall–Kier alpha value is -0.860. The summed E-state index contributed by atoms with van der Waals surface area (Å²) in [4.78, 5) is 0. The normalized spacial score (nSPS) is 14.2. The van der Waals surface area contributed by atoms with Crippen LogP contribution in [0.1, 0.15) is 31.9 Å². The summed E-state index contributed by atoms with van der Waals surface area (Å²) in [5, 5.41) is 0. The van der Waals surface area contributed by atoms with Crippen molar-refractivity contribution in [2.24, 2.45) is 11.5 Å². The Morgan fingerprint density at radius 3 is 2.38 bits per heavy atom. The van der Waals surface area contributed by atoms with Gasteiger partial charge in [0.1, 0.15) is 0 Å². The maximum absolute atomic E-state index is 5.99. The van der Waals surface area contributed by atoms with Crippen molar-refractivity contribution >= 4 is 0 Å². The predicted molar refractivity (Wildman–Crippen MR) is 55.1 cm³/mol. The molecule has 0 saturated carbocycles. The molecule has 0 amide bonds. The lowest BCUT2D eigenvalue weighted by atomic mass is 9.93. The molecule has 1 unspecified atom stereocenters. The van der Waals surface area contributed by atoms with Gasteiger partial charge in [0, 0.05) is 11.6 Å². The van der Waals surface area contributed by atoms with Gasteiger partial charge in [0.25, 0.3) is 0 Å². The minimum atomic E-state index is -0.209. The van der Waals surface area contributed by atoms with Crippen LogP contribution < -0.4 is 11.5 Å². The van der Waals surface area contributed by atoms with Crippen LogP contribution in [0.25, 0.3) is 0 Å². The van der Waals surface area contributed by atoms with Crippen LogP contribution in [-0.2, 0) is 0 Å². The van der Waals surface area contributed by atoms with E-state index in [2.05, 4.69) is 6.07 Å². The average Bonchev–Trinajstić information content (AvgIpc) is 2.03. The van der Waals surface area contributed by atoms with Crippen LogP contribution in [0.3, 0.4) is 0 Å². The molecule has 0 aliphatic carbocycles. The SMILES string of the molecule is CC(C)(N)CC(N)c1cc[c]cc1. The standard InChI is InChI=1S/C11H17N2/c1-11(2,13)8-10(12)9-6-4-3-5-7-9/h4-7,10H,8,12-13H2,1-2H3. The molecular weight excluding hydrogens is 160 g/mol. The zero-order valence-electron chi connectivity index (χ0n) is 8.25. The summed E-state index contributed by atoms with van der Waals surface area (Å²) >= 11 is 0. The van der Waals surface area contributed by atoms with Gasteiger partial charge in [-0.3, -0.25) is 0 Å². The Kier molecular flexibility index (Phi) is 3.07. The predicted octanol–water partition coefficient (Wildman–Crippen LogP) is 1.61. The van der Waals surface area contributed by atoms with Crippen molar-refractivity contribution in [3.05, 3.63) is 35.9 Å². The van der Waals surface area contributed by atoms with Crippen LogP contribution in [0, 0.1) is 6.07 Å². The molecule has 0 aromatic heterocycles. The molecule has 1 aromatic rings. The maximum atomic E-state index is 5.99. The van der Waals surface area contributed by atoms with E-state index in [-0.39, 0.29) is 11.6 Å².